The molecule has 186 valence electrons. The second kappa shape index (κ2) is 9.09. The lowest BCUT2D eigenvalue weighted by atomic mass is 10.0. The van der Waals surface area contributed by atoms with Crippen LogP contribution in [0.1, 0.15) is 34.3 Å². The number of H-pyrrole nitrogens is 1. The lowest BCUT2D eigenvalue weighted by Gasteiger charge is -2.33. The molecule has 1 fully saturated rings. The number of nitrogens with zero attached hydrogens (tertiary/aromatic N) is 2. The number of rotatable bonds is 5. The second-order valence-corrected chi connectivity index (χ2v) is 10.1. The molecule has 2 aromatic heterocycles. The smallest absolute Gasteiger partial charge is 0.251 e. The van der Waals surface area contributed by atoms with Crippen LogP contribution in [0.5, 0.6) is 5.75 Å². The number of aromatic amines is 1. The lowest BCUT2D eigenvalue weighted by molar-refractivity contribution is 0.0901. The number of carbonyl (C=O) groups is 1. The van der Waals surface area contributed by atoms with E-state index in [0.29, 0.717) is 5.56 Å². The molecule has 2 N–H and O–H groups in total. The van der Waals surface area contributed by atoms with Gasteiger partial charge in [-0.2, -0.15) is 5.10 Å². The number of benzene rings is 3. The van der Waals surface area contributed by atoms with Crippen LogP contribution in [0, 0.1) is 0 Å². The number of amides is 1. The summed E-state index contributed by atoms with van der Waals surface area (Å²) in [5.41, 5.74) is 6.84. The summed E-state index contributed by atoms with van der Waals surface area (Å²) in [6, 6.07) is 20.4. The van der Waals surface area contributed by atoms with E-state index >= 15 is 0 Å². The van der Waals surface area contributed by atoms with Gasteiger partial charge in [-0.25, -0.2) is 0 Å². The highest BCUT2D eigenvalue weighted by atomic mass is 16.5. The highest BCUT2D eigenvalue weighted by molar-refractivity contribution is 6.01. The van der Waals surface area contributed by atoms with E-state index in [1.165, 1.54) is 11.1 Å². The predicted molar refractivity (Wildman–Crippen MR) is 143 cm³/mol. The minimum atomic E-state index is -0.0388. The van der Waals surface area contributed by atoms with Crippen molar-refractivity contribution in [2.75, 3.05) is 19.7 Å². The quantitative estimate of drug-likeness (QED) is 0.348. The van der Waals surface area contributed by atoms with Gasteiger partial charge in [0.2, 0.25) is 0 Å². The van der Waals surface area contributed by atoms with Gasteiger partial charge in [0.25, 0.3) is 5.91 Å². The van der Waals surface area contributed by atoms with E-state index < -0.39 is 0 Å². The predicted octanol–water partition coefficient (Wildman–Crippen LogP) is 5.31. The minimum Gasteiger partial charge on any atom is -0.493 e. The Bertz CT molecular complexity index is 1620. The van der Waals surface area contributed by atoms with Gasteiger partial charge in [0.05, 0.1) is 24.1 Å². The first-order valence-electron chi connectivity index (χ1n) is 12.9. The van der Waals surface area contributed by atoms with Crippen molar-refractivity contribution >= 4 is 27.8 Å². The van der Waals surface area contributed by atoms with Crippen LogP contribution in [0.4, 0.5) is 0 Å². The maximum Gasteiger partial charge on any atom is 0.251 e. The van der Waals surface area contributed by atoms with Crippen LogP contribution in [-0.2, 0) is 13.0 Å². The molecule has 0 aliphatic carbocycles. The number of carbonyl (C=O) groups excluding carboxylic acids is 1. The molecule has 3 aromatic carbocycles. The Morgan fingerprint density at radius 3 is 3.05 bits per heavy atom. The summed E-state index contributed by atoms with van der Waals surface area (Å²) in [6.07, 6.45) is 4.69. The fourth-order valence-electron chi connectivity index (χ4n) is 5.67. The molecule has 7 nitrogen and oxygen atoms in total. The Kier molecular flexibility index (Phi) is 5.43. The first-order valence-corrected chi connectivity index (χ1v) is 12.9. The van der Waals surface area contributed by atoms with Crippen LogP contribution in [0.3, 0.4) is 0 Å². The van der Waals surface area contributed by atoms with Crippen molar-refractivity contribution in [1.29, 1.82) is 0 Å². The van der Waals surface area contributed by atoms with Crippen molar-refractivity contribution in [3.05, 3.63) is 83.6 Å². The summed E-state index contributed by atoms with van der Waals surface area (Å²) in [5.74, 6) is 0.912. The Hall–Kier alpha value is -4.10. The molecule has 0 bridgehead atoms. The van der Waals surface area contributed by atoms with E-state index in [1.54, 1.807) is 6.26 Å². The molecule has 0 radical (unpaired) electrons. The maximum absolute atomic E-state index is 13.3. The normalized spacial score (nSPS) is 17.7. The van der Waals surface area contributed by atoms with Crippen molar-refractivity contribution < 1.29 is 13.9 Å². The van der Waals surface area contributed by atoms with Crippen molar-refractivity contribution in [2.45, 2.75) is 31.8 Å². The minimum absolute atomic E-state index is 0.0388. The monoisotopic (exact) mass is 492 g/mol. The molecule has 0 spiro atoms. The van der Waals surface area contributed by atoms with E-state index in [1.807, 2.05) is 42.5 Å². The molecule has 1 unspecified atom stereocenters. The van der Waals surface area contributed by atoms with Crippen LogP contribution in [0.2, 0.25) is 0 Å². The average Bonchev–Trinajstić information content (AvgIpc) is 3.67. The van der Waals surface area contributed by atoms with Gasteiger partial charge < -0.3 is 14.5 Å². The van der Waals surface area contributed by atoms with Crippen LogP contribution in [0.15, 0.2) is 71.3 Å². The number of aromatic nitrogens is 2. The van der Waals surface area contributed by atoms with Gasteiger partial charge in [-0.15, -0.1) is 0 Å². The topological polar surface area (TPSA) is 83.4 Å². The van der Waals surface area contributed by atoms with E-state index in [9.17, 15) is 4.79 Å². The molecular weight excluding hydrogens is 464 g/mol. The van der Waals surface area contributed by atoms with E-state index in [-0.39, 0.29) is 11.9 Å². The van der Waals surface area contributed by atoms with Gasteiger partial charge >= 0.3 is 0 Å². The molecule has 1 saturated heterocycles. The molecule has 37 heavy (non-hydrogen) atoms. The molecule has 7 rings (SSSR count). The summed E-state index contributed by atoms with van der Waals surface area (Å²) >= 11 is 0. The van der Waals surface area contributed by atoms with Crippen LogP contribution in [-0.4, -0.2) is 46.7 Å². The Labute approximate surface area is 214 Å². The number of hydrogen-bond donors (Lipinski definition) is 2. The van der Waals surface area contributed by atoms with E-state index in [4.69, 9.17) is 9.15 Å². The van der Waals surface area contributed by atoms with Crippen LogP contribution < -0.4 is 10.1 Å². The molecule has 5 aromatic rings. The van der Waals surface area contributed by atoms with Gasteiger partial charge in [-0.1, -0.05) is 6.07 Å². The van der Waals surface area contributed by atoms with Crippen molar-refractivity contribution in [1.82, 2.24) is 20.4 Å². The number of fused-ring (bicyclic) bond motifs is 3. The van der Waals surface area contributed by atoms with Crippen molar-refractivity contribution in [3.8, 4) is 17.0 Å². The Balaban J connectivity index is 1.06. The number of hydrogen-bond acceptors (Lipinski definition) is 5. The lowest BCUT2D eigenvalue weighted by Crippen LogP contribution is -2.47. The van der Waals surface area contributed by atoms with Crippen molar-refractivity contribution in [3.63, 3.8) is 0 Å². The third kappa shape index (κ3) is 4.25. The second-order valence-electron chi connectivity index (χ2n) is 10.1. The number of furan rings is 1. The van der Waals surface area contributed by atoms with Gasteiger partial charge in [-0.05, 0) is 85.1 Å². The van der Waals surface area contributed by atoms with Gasteiger partial charge in [0.15, 0.2) is 0 Å². The van der Waals surface area contributed by atoms with E-state index in [2.05, 4.69) is 38.6 Å². The standard InChI is InChI=1S/C30H28N4O3/c35-30(31-24-2-1-11-34(18-24)17-19-3-7-27-20(14-19)9-12-36-27)23-4-6-26-25(16-23)29(33-32-26)22-5-8-28-21(15-22)10-13-37-28/h3-9,12,14-16,24H,1-2,10-11,13,17-18H2,(H,31,35)(H,32,33). The first-order chi connectivity index (χ1) is 18.2. The summed E-state index contributed by atoms with van der Waals surface area (Å²) in [6.45, 7) is 3.46. The fraction of sp³-hybridized carbons (Fsp3) is 0.267. The van der Waals surface area contributed by atoms with Gasteiger partial charge in [0, 0.05) is 47.5 Å². The number of ether oxygens (including phenoxy) is 1. The molecule has 7 heteroatoms. The summed E-state index contributed by atoms with van der Waals surface area (Å²) in [7, 11) is 0. The highest BCUT2D eigenvalue weighted by Gasteiger charge is 2.23. The average molecular weight is 493 g/mol. The van der Waals surface area contributed by atoms with Gasteiger partial charge in [-0.3, -0.25) is 14.8 Å². The Morgan fingerprint density at radius 1 is 1.11 bits per heavy atom. The van der Waals surface area contributed by atoms with Crippen LogP contribution >= 0.6 is 0 Å². The molecule has 0 saturated carbocycles. The molecule has 4 heterocycles. The fourth-order valence-corrected chi connectivity index (χ4v) is 5.67. The zero-order valence-electron chi connectivity index (χ0n) is 20.5. The summed E-state index contributed by atoms with van der Waals surface area (Å²) in [4.78, 5) is 15.7. The SMILES string of the molecule is O=C(NC1CCCN(Cc2ccc3occc3c2)C1)c1ccc2[nH]nc(-c3ccc4c(c3)CCO4)c2c1. The zero-order valence-corrected chi connectivity index (χ0v) is 20.5. The molecule has 1 amide bonds. The zero-order chi connectivity index (χ0) is 24.8. The molecule has 2 aliphatic rings. The molecule has 2 aliphatic heterocycles. The Morgan fingerprint density at radius 2 is 2.08 bits per heavy atom. The van der Waals surface area contributed by atoms with Gasteiger partial charge in [0.1, 0.15) is 11.3 Å². The maximum atomic E-state index is 13.3. The third-order valence-corrected chi connectivity index (χ3v) is 7.55. The summed E-state index contributed by atoms with van der Waals surface area (Å²) in [5, 5.41) is 13.0. The highest BCUT2D eigenvalue weighted by Crippen LogP contribution is 2.33. The number of likely N-dealkylation sites (tertiary alicyclic amines) is 1. The third-order valence-electron chi connectivity index (χ3n) is 7.55. The van der Waals surface area contributed by atoms with Crippen molar-refractivity contribution in [2.24, 2.45) is 0 Å². The van der Waals surface area contributed by atoms with Crippen LogP contribution in [0.25, 0.3) is 33.1 Å². The van der Waals surface area contributed by atoms with E-state index in [0.717, 1.165) is 84.4 Å². The molecule has 1 atom stereocenters. The first kappa shape index (κ1) is 22.1. The largest absolute Gasteiger partial charge is 0.493 e. The number of nitrogens with one attached hydrogen (secondary N) is 2. The number of piperidine rings is 1. The molecular formula is C30H28N4O3. The summed E-state index contributed by atoms with van der Waals surface area (Å²) < 4.78 is 11.1.